The lowest BCUT2D eigenvalue weighted by atomic mass is 10.1. The van der Waals surface area contributed by atoms with Crippen molar-refractivity contribution in [2.75, 3.05) is 27.2 Å². The van der Waals surface area contributed by atoms with Gasteiger partial charge in [0.25, 0.3) is 0 Å². The summed E-state index contributed by atoms with van der Waals surface area (Å²) in [7, 11) is -5.81. The van der Waals surface area contributed by atoms with Gasteiger partial charge in [0.05, 0.1) is 6.10 Å². The van der Waals surface area contributed by atoms with E-state index in [2.05, 4.69) is 5.32 Å². The van der Waals surface area contributed by atoms with E-state index in [4.69, 9.17) is 8.92 Å². The first-order valence-electron chi connectivity index (χ1n) is 11.9. The topological polar surface area (TPSA) is 122 Å². The summed E-state index contributed by atoms with van der Waals surface area (Å²) in [6.07, 6.45) is 1.81. The highest BCUT2D eigenvalue weighted by Gasteiger charge is 2.29. The summed E-state index contributed by atoms with van der Waals surface area (Å²) in [4.78, 5) is 13.8. The number of nitrogens with zero attached hydrogens (tertiary/aromatic N) is 2. The number of hydrogen-bond donors (Lipinski definition) is 1. The number of urea groups is 1. The van der Waals surface area contributed by atoms with Crippen LogP contribution < -0.4 is 9.50 Å². The average Bonchev–Trinajstić information content (AvgIpc) is 3.31. The van der Waals surface area contributed by atoms with Gasteiger partial charge in [0.2, 0.25) is 10.0 Å². The SMILES string of the molecule is CN(C)S(=O)(=O)c1ccccc1S(=O)(=O)Oc1ccc(CN(C[C@@H]2CCCO2)C(=O)NC(C)(C)C)cc1. The fraction of sp³-hybridized carbons (Fsp3) is 0.480. The van der Waals surface area contributed by atoms with Gasteiger partial charge in [-0.3, -0.25) is 0 Å². The molecule has 2 amide bonds. The van der Waals surface area contributed by atoms with Crippen LogP contribution in [0.2, 0.25) is 0 Å². The van der Waals surface area contributed by atoms with E-state index in [1.165, 1.54) is 50.5 Å². The molecule has 1 fully saturated rings. The molecule has 0 radical (unpaired) electrons. The fourth-order valence-electron chi connectivity index (χ4n) is 3.76. The maximum Gasteiger partial charge on any atom is 0.340 e. The van der Waals surface area contributed by atoms with Crippen LogP contribution in [-0.4, -0.2) is 71.0 Å². The molecule has 0 aliphatic carbocycles. The molecule has 37 heavy (non-hydrogen) atoms. The second-order valence-corrected chi connectivity index (χ2v) is 13.7. The Morgan fingerprint density at radius 2 is 1.65 bits per heavy atom. The number of sulfonamides is 1. The third kappa shape index (κ3) is 7.67. The quantitative estimate of drug-likeness (QED) is 0.473. The molecular formula is C25H35N3O7S2. The normalized spacial score (nSPS) is 16.5. The van der Waals surface area contributed by atoms with Crippen molar-refractivity contribution in [3.8, 4) is 5.75 Å². The minimum Gasteiger partial charge on any atom is -0.379 e. The second kappa shape index (κ2) is 11.4. The van der Waals surface area contributed by atoms with Gasteiger partial charge in [-0.25, -0.2) is 17.5 Å². The molecule has 0 spiro atoms. The maximum atomic E-state index is 13.0. The number of hydrogen-bond acceptors (Lipinski definition) is 7. The Kier molecular flexibility index (Phi) is 8.89. The van der Waals surface area contributed by atoms with E-state index in [0.29, 0.717) is 19.7 Å². The Morgan fingerprint density at radius 3 is 2.19 bits per heavy atom. The minimum atomic E-state index is -4.44. The number of carbonyl (C=O) groups excluding carboxylic acids is 1. The predicted molar refractivity (Wildman–Crippen MR) is 139 cm³/mol. The predicted octanol–water partition coefficient (Wildman–Crippen LogP) is 3.19. The molecule has 204 valence electrons. The van der Waals surface area contributed by atoms with Gasteiger partial charge in [0.1, 0.15) is 15.5 Å². The summed E-state index contributed by atoms with van der Waals surface area (Å²) in [6, 6.07) is 11.4. The molecule has 0 unspecified atom stereocenters. The molecule has 1 saturated heterocycles. The van der Waals surface area contributed by atoms with Crippen LogP contribution in [0.4, 0.5) is 4.79 Å². The van der Waals surface area contributed by atoms with Crippen LogP contribution in [0.5, 0.6) is 5.75 Å². The number of amides is 2. The van der Waals surface area contributed by atoms with Gasteiger partial charge in [-0.15, -0.1) is 0 Å². The summed E-state index contributed by atoms with van der Waals surface area (Å²) < 4.78 is 63.1. The monoisotopic (exact) mass is 553 g/mol. The van der Waals surface area contributed by atoms with Crippen LogP contribution >= 0.6 is 0 Å². The minimum absolute atomic E-state index is 0.0191. The Balaban J connectivity index is 1.78. The summed E-state index contributed by atoms with van der Waals surface area (Å²) in [6.45, 7) is 7.13. The molecule has 2 aromatic rings. The average molecular weight is 554 g/mol. The van der Waals surface area contributed by atoms with Gasteiger partial charge in [0.15, 0.2) is 0 Å². The third-order valence-corrected chi connectivity index (χ3v) is 8.91. The highest BCUT2D eigenvalue weighted by Crippen LogP contribution is 2.26. The molecule has 0 bridgehead atoms. The Morgan fingerprint density at radius 1 is 1.03 bits per heavy atom. The molecule has 10 nitrogen and oxygen atoms in total. The van der Waals surface area contributed by atoms with Crippen molar-refractivity contribution in [2.24, 2.45) is 0 Å². The lowest BCUT2D eigenvalue weighted by Crippen LogP contribution is -2.50. The van der Waals surface area contributed by atoms with Gasteiger partial charge >= 0.3 is 16.1 Å². The van der Waals surface area contributed by atoms with Crippen LogP contribution in [0.25, 0.3) is 0 Å². The van der Waals surface area contributed by atoms with Crippen molar-refractivity contribution >= 4 is 26.2 Å². The maximum absolute atomic E-state index is 13.0. The summed E-state index contributed by atoms with van der Waals surface area (Å²) >= 11 is 0. The molecule has 12 heteroatoms. The molecule has 1 aliphatic heterocycles. The van der Waals surface area contributed by atoms with E-state index >= 15 is 0 Å². The molecule has 2 aromatic carbocycles. The van der Waals surface area contributed by atoms with Crippen molar-refractivity contribution < 1.29 is 30.6 Å². The Bertz CT molecular complexity index is 1300. The Labute approximate surface area is 219 Å². The van der Waals surface area contributed by atoms with Crippen molar-refractivity contribution in [1.29, 1.82) is 0 Å². The summed E-state index contributed by atoms with van der Waals surface area (Å²) in [5.74, 6) is 0.0191. The standard InChI is InChI=1S/C25H35N3O7S2/c1-25(2,3)26-24(29)28(18-21-9-8-16-34-21)17-19-12-14-20(15-13-19)35-37(32,33)23-11-7-6-10-22(23)36(30,31)27(4)5/h6-7,10-15,21H,8-9,16-18H2,1-5H3,(H,26,29)/t21-/m0/s1. The molecular weight excluding hydrogens is 518 g/mol. The van der Waals surface area contributed by atoms with Crippen molar-refractivity contribution in [3.63, 3.8) is 0 Å². The Hall–Kier alpha value is -2.67. The molecule has 0 aromatic heterocycles. The van der Waals surface area contributed by atoms with Crippen LogP contribution in [0, 0.1) is 0 Å². The van der Waals surface area contributed by atoms with Gasteiger partial charge < -0.3 is 19.1 Å². The van der Waals surface area contributed by atoms with Gasteiger partial charge in [0, 0.05) is 39.3 Å². The van der Waals surface area contributed by atoms with E-state index in [9.17, 15) is 21.6 Å². The first kappa shape index (κ1) is 28.9. The molecule has 1 aliphatic rings. The van der Waals surface area contributed by atoms with Crippen LogP contribution in [0.3, 0.4) is 0 Å². The highest BCUT2D eigenvalue weighted by atomic mass is 32.2. The molecule has 1 heterocycles. The van der Waals surface area contributed by atoms with E-state index in [1.807, 2.05) is 20.8 Å². The summed E-state index contributed by atoms with van der Waals surface area (Å²) in [5.41, 5.74) is 0.358. The zero-order valence-electron chi connectivity index (χ0n) is 21.8. The van der Waals surface area contributed by atoms with Gasteiger partial charge in [-0.2, -0.15) is 8.42 Å². The number of carbonyl (C=O) groups is 1. The van der Waals surface area contributed by atoms with Crippen LogP contribution in [0.1, 0.15) is 39.2 Å². The third-order valence-electron chi connectivity index (χ3n) is 5.60. The summed E-state index contributed by atoms with van der Waals surface area (Å²) in [5, 5.41) is 2.97. The number of ether oxygens (including phenoxy) is 1. The molecule has 3 rings (SSSR count). The molecule has 1 N–H and O–H groups in total. The van der Waals surface area contributed by atoms with Crippen LogP contribution in [0.15, 0.2) is 58.3 Å². The largest absolute Gasteiger partial charge is 0.379 e. The first-order valence-corrected chi connectivity index (χ1v) is 14.8. The molecule has 0 saturated carbocycles. The lowest BCUT2D eigenvalue weighted by molar-refractivity contribution is 0.0782. The number of rotatable bonds is 9. The van der Waals surface area contributed by atoms with Crippen molar-refractivity contribution in [1.82, 2.24) is 14.5 Å². The molecule has 1 atom stereocenters. The fourth-order valence-corrected chi connectivity index (χ4v) is 6.36. The zero-order valence-corrected chi connectivity index (χ0v) is 23.4. The van der Waals surface area contributed by atoms with Gasteiger partial charge in [-0.05, 0) is 63.4 Å². The highest BCUT2D eigenvalue weighted by molar-refractivity contribution is 7.91. The van der Waals surface area contributed by atoms with E-state index in [1.54, 1.807) is 17.0 Å². The van der Waals surface area contributed by atoms with Crippen molar-refractivity contribution in [3.05, 3.63) is 54.1 Å². The lowest BCUT2D eigenvalue weighted by Gasteiger charge is -2.30. The van der Waals surface area contributed by atoms with Crippen molar-refractivity contribution in [2.45, 2.75) is 61.6 Å². The zero-order chi connectivity index (χ0) is 27.4. The first-order chi connectivity index (χ1) is 17.2. The van der Waals surface area contributed by atoms with E-state index in [0.717, 1.165) is 22.7 Å². The van der Waals surface area contributed by atoms with Crippen LogP contribution in [-0.2, 0) is 31.4 Å². The van der Waals surface area contributed by atoms with Gasteiger partial charge in [-0.1, -0.05) is 24.3 Å². The smallest absolute Gasteiger partial charge is 0.340 e. The number of benzene rings is 2. The second-order valence-electron chi connectivity index (χ2n) is 10.1. The van der Waals surface area contributed by atoms with E-state index in [-0.39, 0.29) is 22.8 Å². The van der Waals surface area contributed by atoms with E-state index < -0.39 is 30.6 Å². The number of nitrogens with one attached hydrogen (secondary N) is 1.